The summed E-state index contributed by atoms with van der Waals surface area (Å²) in [6.07, 6.45) is 2.03. The van der Waals surface area contributed by atoms with Crippen molar-refractivity contribution in [3.8, 4) is 11.5 Å². The molecule has 0 radical (unpaired) electrons. The van der Waals surface area contributed by atoms with Crippen molar-refractivity contribution in [2.75, 3.05) is 51.8 Å². The Bertz CT molecular complexity index is 809. The maximum absolute atomic E-state index is 12.3. The molecule has 5 heteroatoms. The number of nitrogens with zero attached hydrogens (tertiary/aromatic N) is 2. The molecule has 3 rings (SSSR count). The van der Waals surface area contributed by atoms with Gasteiger partial charge in [0.25, 0.3) is 0 Å². The second-order valence-electron chi connectivity index (χ2n) is 6.78. The first-order chi connectivity index (χ1) is 13.2. The first-order valence-corrected chi connectivity index (χ1v) is 9.49. The summed E-state index contributed by atoms with van der Waals surface area (Å²) < 4.78 is 10.7. The molecule has 2 aromatic carbocycles. The summed E-state index contributed by atoms with van der Waals surface area (Å²) in [7, 11) is 3.32. The topological polar surface area (TPSA) is 42.0 Å². The van der Waals surface area contributed by atoms with E-state index >= 15 is 0 Å². The summed E-state index contributed by atoms with van der Waals surface area (Å²) in [5.41, 5.74) is 2.14. The maximum atomic E-state index is 12.3. The third-order valence-electron chi connectivity index (χ3n) is 5.07. The van der Waals surface area contributed by atoms with Crippen LogP contribution in [0.5, 0.6) is 11.5 Å². The van der Waals surface area contributed by atoms with Crippen molar-refractivity contribution in [3.05, 3.63) is 64.3 Å². The Morgan fingerprint density at radius 1 is 0.889 bits per heavy atom. The van der Waals surface area contributed by atoms with Crippen LogP contribution in [-0.4, -0.2) is 51.8 Å². The average Bonchev–Trinajstić information content (AvgIpc) is 3.06. The molecule has 1 aliphatic rings. The quantitative estimate of drug-likeness (QED) is 0.784. The Morgan fingerprint density at radius 3 is 2.52 bits per heavy atom. The largest absolute Gasteiger partial charge is 0.493 e. The fourth-order valence-electron chi connectivity index (χ4n) is 3.54. The van der Waals surface area contributed by atoms with Gasteiger partial charge in [-0.15, -0.1) is 0 Å². The number of benzene rings is 1. The van der Waals surface area contributed by atoms with Gasteiger partial charge in [0.1, 0.15) is 0 Å². The molecule has 0 saturated carbocycles. The lowest BCUT2D eigenvalue weighted by Gasteiger charge is -2.22. The van der Waals surface area contributed by atoms with Crippen molar-refractivity contribution in [2.45, 2.75) is 12.8 Å². The molecule has 0 unspecified atom stereocenters. The molecular formula is C22H28N2O3. The first-order valence-electron chi connectivity index (χ1n) is 9.49. The highest BCUT2D eigenvalue weighted by atomic mass is 16.5. The zero-order valence-electron chi connectivity index (χ0n) is 16.2. The maximum Gasteiger partial charge on any atom is 0.201 e. The minimum Gasteiger partial charge on any atom is -0.493 e. The highest BCUT2D eigenvalue weighted by molar-refractivity contribution is 5.45. The minimum absolute atomic E-state index is 0.0961. The summed E-state index contributed by atoms with van der Waals surface area (Å²) in [4.78, 5) is 17.0. The Kier molecular flexibility index (Phi) is 6.71. The molecule has 1 aliphatic heterocycles. The van der Waals surface area contributed by atoms with E-state index < -0.39 is 0 Å². The van der Waals surface area contributed by atoms with Gasteiger partial charge in [0.15, 0.2) is 11.5 Å². The molecule has 5 nitrogen and oxygen atoms in total. The number of methoxy groups -OCH3 is 2. The second kappa shape index (κ2) is 9.42. The van der Waals surface area contributed by atoms with E-state index in [1.54, 1.807) is 26.4 Å². The van der Waals surface area contributed by atoms with Crippen LogP contribution in [0.3, 0.4) is 0 Å². The third kappa shape index (κ3) is 5.01. The van der Waals surface area contributed by atoms with Crippen LogP contribution in [0, 0.1) is 0 Å². The zero-order chi connectivity index (χ0) is 19.1. The molecule has 0 aromatic heterocycles. The van der Waals surface area contributed by atoms with Gasteiger partial charge < -0.3 is 19.3 Å². The summed E-state index contributed by atoms with van der Waals surface area (Å²) in [5.74, 6) is 1.54. The summed E-state index contributed by atoms with van der Waals surface area (Å²) in [6.45, 7) is 4.82. The lowest BCUT2D eigenvalue weighted by Crippen LogP contribution is -2.33. The van der Waals surface area contributed by atoms with Crippen molar-refractivity contribution in [3.63, 3.8) is 0 Å². The van der Waals surface area contributed by atoms with Gasteiger partial charge in [-0.25, -0.2) is 0 Å². The van der Waals surface area contributed by atoms with Crippen LogP contribution in [0.2, 0.25) is 0 Å². The van der Waals surface area contributed by atoms with E-state index in [1.165, 1.54) is 5.56 Å². The van der Waals surface area contributed by atoms with Crippen LogP contribution in [0.25, 0.3) is 0 Å². The molecule has 0 atom stereocenters. The van der Waals surface area contributed by atoms with Crippen LogP contribution in [0.4, 0.5) is 5.69 Å². The standard InChI is InChI=1S/C22H28N2O3/c1-26-21-10-9-18(17-22(21)27-2)11-14-23-12-6-13-24(16-15-23)19-7-4-3-5-8-20(19)25/h3-5,7-10,17H,6,11-16H2,1-2H3. The number of anilines is 1. The van der Waals surface area contributed by atoms with Gasteiger partial charge >= 0.3 is 0 Å². The van der Waals surface area contributed by atoms with Crippen molar-refractivity contribution in [1.29, 1.82) is 0 Å². The highest BCUT2D eigenvalue weighted by Gasteiger charge is 2.16. The predicted octanol–water partition coefficient (Wildman–Crippen LogP) is 2.82. The SMILES string of the molecule is COc1ccc(CCN2CCCN(c3cccccc3=O)CC2)cc1OC. The second-order valence-corrected chi connectivity index (χ2v) is 6.78. The van der Waals surface area contributed by atoms with E-state index in [0.29, 0.717) is 0 Å². The average molecular weight is 368 g/mol. The molecule has 0 bridgehead atoms. The summed E-state index contributed by atoms with van der Waals surface area (Å²) in [6, 6.07) is 15.3. The van der Waals surface area contributed by atoms with Gasteiger partial charge in [0.2, 0.25) is 5.43 Å². The van der Waals surface area contributed by atoms with Crippen molar-refractivity contribution >= 4 is 5.69 Å². The fraction of sp³-hybridized carbons (Fsp3) is 0.409. The normalized spacial score (nSPS) is 15.3. The molecule has 1 fully saturated rings. The van der Waals surface area contributed by atoms with E-state index in [9.17, 15) is 4.79 Å². The predicted molar refractivity (Wildman–Crippen MR) is 109 cm³/mol. The Morgan fingerprint density at radius 2 is 1.70 bits per heavy atom. The molecular weight excluding hydrogens is 340 g/mol. The molecule has 0 amide bonds. The van der Waals surface area contributed by atoms with Crippen LogP contribution >= 0.6 is 0 Å². The molecule has 0 spiro atoms. The first kappa shape index (κ1) is 19.2. The van der Waals surface area contributed by atoms with E-state index in [0.717, 1.165) is 62.8 Å². The van der Waals surface area contributed by atoms with E-state index in [4.69, 9.17) is 9.47 Å². The van der Waals surface area contributed by atoms with E-state index in [-0.39, 0.29) is 5.43 Å². The van der Waals surface area contributed by atoms with Gasteiger partial charge in [-0.3, -0.25) is 4.79 Å². The summed E-state index contributed by atoms with van der Waals surface area (Å²) >= 11 is 0. The van der Waals surface area contributed by atoms with Crippen LogP contribution in [0.1, 0.15) is 12.0 Å². The lowest BCUT2D eigenvalue weighted by atomic mass is 10.1. The van der Waals surface area contributed by atoms with Gasteiger partial charge in [0, 0.05) is 26.2 Å². The monoisotopic (exact) mass is 368 g/mol. The van der Waals surface area contributed by atoms with Crippen LogP contribution < -0.4 is 19.8 Å². The van der Waals surface area contributed by atoms with Gasteiger partial charge in [-0.05, 0) is 49.2 Å². The Labute approximate surface area is 161 Å². The zero-order valence-corrected chi connectivity index (χ0v) is 16.2. The van der Waals surface area contributed by atoms with Crippen molar-refractivity contribution in [1.82, 2.24) is 4.90 Å². The van der Waals surface area contributed by atoms with Gasteiger partial charge in [-0.2, -0.15) is 0 Å². The molecule has 1 saturated heterocycles. The number of rotatable bonds is 6. The number of hydrogen-bond donors (Lipinski definition) is 0. The minimum atomic E-state index is 0.0961. The molecule has 27 heavy (non-hydrogen) atoms. The van der Waals surface area contributed by atoms with Crippen LogP contribution in [-0.2, 0) is 6.42 Å². The smallest absolute Gasteiger partial charge is 0.201 e. The number of hydrogen-bond acceptors (Lipinski definition) is 5. The Balaban J connectivity index is 1.59. The van der Waals surface area contributed by atoms with Crippen molar-refractivity contribution < 1.29 is 9.47 Å². The third-order valence-corrected chi connectivity index (χ3v) is 5.07. The lowest BCUT2D eigenvalue weighted by molar-refractivity contribution is 0.297. The number of ether oxygens (including phenoxy) is 2. The van der Waals surface area contributed by atoms with E-state index in [1.807, 2.05) is 24.3 Å². The van der Waals surface area contributed by atoms with E-state index in [2.05, 4.69) is 21.9 Å². The van der Waals surface area contributed by atoms with Gasteiger partial charge in [0.05, 0.1) is 19.9 Å². The van der Waals surface area contributed by atoms with Gasteiger partial charge in [-0.1, -0.05) is 24.3 Å². The van der Waals surface area contributed by atoms with Crippen LogP contribution in [0.15, 0.2) is 53.3 Å². The highest BCUT2D eigenvalue weighted by Crippen LogP contribution is 2.27. The Hall–Kier alpha value is -2.53. The molecule has 144 valence electrons. The summed E-state index contributed by atoms with van der Waals surface area (Å²) in [5, 5.41) is 0. The van der Waals surface area contributed by atoms with Crippen molar-refractivity contribution in [2.24, 2.45) is 0 Å². The molecule has 2 aromatic rings. The fourth-order valence-corrected chi connectivity index (χ4v) is 3.54. The molecule has 0 aliphatic carbocycles. The molecule has 0 N–H and O–H groups in total. The molecule has 1 heterocycles.